The molecule has 1 heteroatoms. The smallest absolute Gasteiger partial charge is 0.0622 e. The van der Waals surface area contributed by atoms with Crippen LogP contribution in [0.15, 0.2) is 24.3 Å². The molecule has 0 heterocycles. The highest BCUT2D eigenvalue weighted by atomic mass is 16.5. The third-order valence-corrected chi connectivity index (χ3v) is 5.35. The Hall–Kier alpha value is -0.820. The van der Waals surface area contributed by atoms with Crippen LogP contribution in [0.25, 0.3) is 0 Å². The summed E-state index contributed by atoms with van der Waals surface area (Å²) < 4.78 is 5.49. The maximum atomic E-state index is 5.49. The van der Waals surface area contributed by atoms with E-state index in [9.17, 15) is 0 Å². The molecule has 0 saturated heterocycles. The zero-order valence-electron chi connectivity index (χ0n) is 16.3. The van der Waals surface area contributed by atoms with Crippen LogP contribution in [0.2, 0.25) is 0 Å². The lowest BCUT2D eigenvalue weighted by molar-refractivity contribution is 0.0127. The number of rotatable bonds is 11. The van der Waals surface area contributed by atoms with Gasteiger partial charge in [-0.25, -0.2) is 0 Å². The van der Waals surface area contributed by atoms with Crippen molar-refractivity contribution in [2.45, 2.75) is 91.1 Å². The maximum Gasteiger partial charge on any atom is 0.0622 e. The van der Waals surface area contributed by atoms with Gasteiger partial charge in [-0.3, -0.25) is 0 Å². The zero-order chi connectivity index (χ0) is 17.3. The lowest BCUT2D eigenvalue weighted by Crippen LogP contribution is -2.22. The van der Waals surface area contributed by atoms with Crippen molar-refractivity contribution in [2.75, 3.05) is 7.11 Å². The van der Waals surface area contributed by atoms with Gasteiger partial charge in [0, 0.05) is 7.11 Å². The molecule has 0 N–H and O–H groups in total. The average molecular weight is 319 g/mol. The lowest BCUT2D eigenvalue weighted by Gasteiger charge is -2.23. The minimum Gasteiger partial charge on any atom is -0.379 e. The van der Waals surface area contributed by atoms with Gasteiger partial charge in [0.05, 0.1) is 5.60 Å². The Bertz CT molecular complexity index is 418. The van der Waals surface area contributed by atoms with E-state index in [0.29, 0.717) is 5.92 Å². The molecule has 0 aliphatic carbocycles. The molecule has 23 heavy (non-hydrogen) atoms. The summed E-state index contributed by atoms with van der Waals surface area (Å²) in [4.78, 5) is 0. The molecule has 0 aliphatic rings. The molecule has 1 aromatic carbocycles. The number of hydrogen-bond donors (Lipinski definition) is 0. The van der Waals surface area contributed by atoms with E-state index in [-0.39, 0.29) is 5.60 Å². The van der Waals surface area contributed by atoms with Crippen LogP contribution in [0, 0.1) is 5.92 Å². The van der Waals surface area contributed by atoms with Gasteiger partial charge in [0.1, 0.15) is 0 Å². The molecule has 0 radical (unpaired) electrons. The number of benzene rings is 1. The fourth-order valence-electron chi connectivity index (χ4n) is 3.03. The Balaban J connectivity index is 2.23. The molecule has 0 aromatic heterocycles. The van der Waals surface area contributed by atoms with E-state index >= 15 is 0 Å². The molecular formula is C22H38O. The minimum atomic E-state index is 0.0388. The fourth-order valence-corrected chi connectivity index (χ4v) is 3.03. The van der Waals surface area contributed by atoms with E-state index in [2.05, 4.69) is 58.9 Å². The monoisotopic (exact) mass is 318 g/mol. The summed E-state index contributed by atoms with van der Waals surface area (Å²) >= 11 is 0. The average Bonchev–Trinajstić information content (AvgIpc) is 2.54. The maximum absolute atomic E-state index is 5.49. The molecule has 0 spiro atoms. The minimum absolute atomic E-state index is 0.0388. The predicted octanol–water partition coefficient (Wildman–Crippen LogP) is 6.75. The van der Waals surface area contributed by atoms with Crippen LogP contribution < -0.4 is 0 Å². The Morgan fingerprint density at radius 3 is 2.17 bits per heavy atom. The molecule has 0 amide bonds. The lowest BCUT2D eigenvalue weighted by atomic mass is 9.92. The van der Waals surface area contributed by atoms with Crippen LogP contribution in [0.1, 0.15) is 90.2 Å². The molecule has 0 saturated carbocycles. The Kier molecular flexibility index (Phi) is 8.91. The standard InChI is InChI=1S/C22H38O/c1-7-19(3)21-15-13-20(14-16-21)12-8-10-18(2)11-9-17-22(4,5)23-6/h13-16,18-19H,7-12,17H2,1-6H3. The summed E-state index contributed by atoms with van der Waals surface area (Å²) in [5.41, 5.74) is 3.01. The van der Waals surface area contributed by atoms with E-state index in [1.807, 2.05) is 7.11 Å². The molecule has 1 rings (SSSR count). The van der Waals surface area contributed by atoms with Crippen molar-refractivity contribution in [3.05, 3.63) is 35.4 Å². The summed E-state index contributed by atoms with van der Waals surface area (Å²) in [6.45, 7) is 11.3. The molecule has 2 atom stereocenters. The van der Waals surface area contributed by atoms with Crippen LogP contribution in [-0.2, 0) is 11.2 Å². The number of aryl methyl sites for hydroxylation is 1. The van der Waals surface area contributed by atoms with Crippen molar-refractivity contribution in [3.63, 3.8) is 0 Å². The number of ether oxygens (including phenoxy) is 1. The van der Waals surface area contributed by atoms with Crippen molar-refractivity contribution in [3.8, 4) is 0 Å². The van der Waals surface area contributed by atoms with E-state index in [1.165, 1.54) is 49.7 Å². The first kappa shape index (κ1) is 20.2. The first-order valence-corrected chi connectivity index (χ1v) is 9.52. The van der Waals surface area contributed by atoms with Gasteiger partial charge in [0.15, 0.2) is 0 Å². The van der Waals surface area contributed by atoms with Gasteiger partial charge in [-0.05, 0) is 62.5 Å². The van der Waals surface area contributed by atoms with Crippen LogP contribution in [0.3, 0.4) is 0 Å². The summed E-state index contributed by atoms with van der Waals surface area (Å²) in [6, 6.07) is 9.29. The second-order valence-electron chi connectivity index (χ2n) is 7.90. The van der Waals surface area contributed by atoms with Crippen LogP contribution >= 0.6 is 0 Å². The van der Waals surface area contributed by atoms with Crippen molar-refractivity contribution >= 4 is 0 Å². The van der Waals surface area contributed by atoms with Crippen molar-refractivity contribution in [1.82, 2.24) is 0 Å². The second-order valence-corrected chi connectivity index (χ2v) is 7.90. The normalized spacial score (nSPS) is 14.7. The highest BCUT2D eigenvalue weighted by Gasteiger charge is 2.16. The summed E-state index contributed by atoms with van der Waals surface area (Å²) in [5.74, 6) is 1.50. The molecule has 0 fully saturated rings. The number of hydrogen-bond acceptors (Lipinski definition) is 1. The van der Waals surface area contributed by atoms with E-state index < -0.39 is 0 Å². The van der Waals surface area contributed by atoms with Gasteiger partial charge in [-0.2, -0.15) is 0 Å². The van der Waals surface area contributed by atoms with Gasteiger partial charge in [0.25, 0.3) is 0 Å². The third kappa shape index (κ3) is 8.01. The van der Waals surface area contributed by atoms with Crippen LogP contribution in [0.4, 0.5) is 0 Å². The van der Waals surface area contributed by atoms with Crippen molar-refractivity contribution in [2.24, 2.45) is 5.92 Å². The Morgan fingerprint density at radius 2 is 1.61 bits per heavy atom. The Morgan fingerprint density at radius 1 is 1.00 bits per heavy atom. The first-order chi connectivity index (χ1) is 10.9. The van der Waals surface area contributed by atoms with Crippen LogP contribution in [-0.4, -0.2) is 12.7 Å². The van der Waals surface area contributed by atoms with Crippen LogP contribution in [0.5, 0.6) is 0 Å². The fraction of sp³-hybridized carbons (Fsp3) is 0.727. The van der Waals surface area contributed by atoms with Gasteiger partial charge in [-0.1, -0.05) is 64.3 Å². The Labute approximate surface area is 144 Å². The molecule has 0 bridgehead atoms. The topological polar surface area (TPSA) is 9.23 Å². The van der Waals surface area contributed by atoms with Gasteiger partial charge in [0.2, 0.25) is 0 Å². The predicted molar refractivity (Wildman–Crippen MR) is 102 cm³/mol. The SMILES string of the molecule is CCC(C)c1ccc(CCCC(C)CCCC(C)(C)OC)cc1. The second kappa shape index (κ2) is 10.1. The molecule has 0 aliphatic heterocycles. The van der Waals surface area contributed by atoms with Crippen molar-refractivity contribution in [1.29, 1.82) is 0 Å². The molecule has 2 unspecified atom stereocenters. The van der Waals surface area contributed by atoms with Gasteiger partial charge < -0.3 is 4.74 Å². The third-order valence-electron chi connectivity index (χ3n) is 5.35. The highest BCUT2D eigenvalue weighted by molar-refractivity contribution is 5.25. The summed E-state index contributed by atoms with van der Waals surface area (Å²) in [5, 5.41) is 0. The van der Waals surface area contributed by atoms with Crippen molar-refractivity contribution < 1.29 is 4.74 Å². The quantitative estimate of drug-likeness (QED) is 0.438. The molecule has 1 nitrogen and oxygen atoms in total. The summed E-state index contributed by atoms with van der Waals surface area (Å²) in [6.07, 6.45) is 8.82. The number of methoxy groups -OCH3 is 1. The zero-order valence-corrected chi connectivity index (χ0v) is 16.3. The largest absolute Gasteiger partial charge is 0.379 e. The van der Waals surface area contributed by atoms with Gasteiger partial charge in [-0.15, -0.1) is 0 Å². The molecule has 132 valence electrons. The first-order valence-electron chi connectivity index (χ1n) is 9.52. The summed E-state index contributed by atoms with van der Waals surface area (Å²) in [7, 11) is 1.82. The van der Waals surface area contributed by atoms with Gasteiger partial charge >= 0.3 is 0 Å². The van der Waals surface area contributed by atoms with E-state index in [1.54, 1.807) is 0 Å². The highest BCUT2D eigenvalue weighted by Crippen LogP contribution is 2.22. The molecule has 1 aromatic rings. The van der Waals surface area contributed by atoms with E-state index in [4.69, 9.17) is 4.74 Å². The van der Waals surface area contributed by atoms with E-state index in [0.717, 1.165) is 12.3 Å². The molecular weight excluding hydrogens is 280 g/mol.